The van der Waals surface area contributed by atoms with Gasteiger partial charge in [-0.05, 0) is 139 Å². The summed E-state index contributed by atoms with van der Waals surface area (Å²) in [5, 5.41) is 57.6. The van der Waals surface area contributed by atoms with Gasteiger partial charge in [-0.1, -0.05) is 74.5 Å². The SMILES string of the molecule is CNCO[C@]1(CNCNC[C@@](C)(O)CC(C)C)Cc2c3c(c4c(c2O[C@@H]1c1cc(CCc2ccccc2)c(O)c(OC)c1)CC[C@@H](CO)O4)-c1ccc(O)c2c1[C@@H](C3)[C@@H](c1ccc3c(c1)=CCN=3)C=C2. The molecule has 0 saturated heterocycles. The summed E-state index contributed by atoms with van der Waals surface area (Å²) in [6, 6.07) is 24.6. The lowest BCUT2D eigenvalue weighted by Gasteiger charge is -2.48. The molecule has 5 aromatic rings. The molecule has 6 atom stereocenters. The van der Waals surface area contributed by atoms with Crippen molar-refractivity contribution in [2.45, 2.75) is 101 Å². The zero-order chi connectivity index (χ0) is 48.7. The van der Waals surface area contributed by atoms with Crippen LogP contribution in [0.15, 0.2) is 83.9 Å². The average Bonchev–Trinajstić information content (AvgIpc) is 3.84. The number of aliphatic hydroxyl groups is 2. The second kappa shape index (κ2) is 19.8. The van der Waals surface area contributed by atoms with Crippen LogP contribution in [0.3, 0.4) is 0 Å². The largest absolute Gasteiger partial charge is 0.507 e. The molecule has 0 saturated carbocycles. The Labute approximate surface area is 411 Å². The minimum absolute atomic E-state index is 0.000242. The molecule has 0 unspecified atom stereocenters. The van der Waals surface area contributed by atoms with Gasteiger partial charge in [0.05, 0.1) is 38.0 Å². The number of benzene rings is 5. The normalized spacial score (nSPS) is 22.3. The van der Waals surface area contributed by atoms with Crippen molar-refractivity contribution in [3.63, 3.8) is 0 Å². The topological polar surface area (TPSA) is 166 Å². The summed E-state index contributed by atoms with van der Waals surface area (Å²) in [6.07, 6.45) is 9.66. The van der Waals surface area contributed by atoms with Crippen molar-refractivity contribution >= 4 is 12.2 Å². The smallest absolute Gasteiger partial charge is 0.161 e. The maximum Gasteiger partial charge on any atom is 0.161 e. The number of methoxy groups -OCH3 is 1. The molecule has 12 nitrogen and oxygen atoms in total. The summed E-state index contributed by atoms with van der Waals surface area (Å²) in [7, 11) is 3.45. The first-order valence-corrected chi connectivity index (χ1v) is 25.1. The molecule has 0 amide bonds. The molecule has 0 fully saturated rings. The lowest BCUT2D eigenvalue weighted by atomic mass is 9.64. The third-order valence-corrected chi connectivity index (χ3v) is 15.1. The van der Waals surface area contributed by atoms with Gasteiger partial charge < -0.3 is 50.0 Å². The monoisotopic (exact) mass is 949 g/mol. The number of aliphatic hydroxyl groups excluding tert-OH is 1. The summed E-state index contributed by atoms with van der Waals surface area (Å²) in [6.45, 7) is 8.05. The number of aryl methyl sites for hydroxylation is 2. The minimum Gasteiger partial charge on any atom is -0.507 e. The highest BCUT2D eigenvalue weighted by Gasteiger charge is 2.51. The predicted molar refractivity (Wildman–Crippen MR) is 272 cm³/mol. The molecule has 0 aromatic heterocycles. The van der Waals surface area contributed by atoms with Gasteiger partial charge in [-0.3, -0.25) is 10.3 Å². The van der Waals surface area contributed by atoms with E-state index in [4.69, 9.17) is 18.9 Å². The highest BCUT2D eigenvalue weighted by Crippen LogP contribution is 2.60. The second-order valence-corrected chi connectivity index (χ2v) is 20.7. The molecule has 12 heteroatoms. The number of allylic oxidation sites excluding steroid dienone is 1. The van der Waals surface area contributed by atoms with Crippen molar-refractivity contribution in [2.75, 3.05) is 53.8 Å². The fraction of sp³-hybridized carbons (Fsp3) is 0.431. The van der Waals surface area contributed by atoms with Gasteiger partial charge in [-0.25, -0.2) is 0 Å². The van der Waals surface area contributed by atoms with E-state index >= 15 is 0 Å². The Morgan fingerprint density at radius 2 is 1.79 bits per heavy atom. The summed E-state index contributed by atoms with van der Waals surface area (Å²) in [4.78, 5) is 4.68. The molecule has 5 aliphatic rings. The number of nitrogens with one attached hydrogen (secondary N) is 3. The molecule has 7 N–H and O–H groups in total. The van der Waals surface area contributed by atoms with Gasteiger partial charge >= 0.3 is 0 Å². The zero-order valence-electron chi connectivity index (χ0n) is 41.1. The Kier molecular flexibility index (Phi) is 13.6. The fourth-order valence-corrected chi connectivity index (χ4v) is 12.1. The van der Waals surface area contributed by atoms with Crippen molar-refractivity contribution in [3.8, 4) is 39.9 Å². The van der Waals surface area contributed by atoms with Gasteiger partial charge in [0.15, 0.2) is 17.6 Å². The molecular formula is C58H68N4O8. The molecule has 3 heterocycles. The van der Waals surface area contributed by atoms with Crippen molar-refractivity contribution in [3.05, 3.63) is 140 Å². The third kappa shape index (κ3) is 9.10. The number of hydrogen-bond donors (Lipinski definition) is 7. The van der Waals surface area contributed by atoms with Gasteiger partial charge in [-0.15, -0.1) is 0 Å². The van der Waals surface area contributed by atoms with Gasteiger partial charge in [0.25, 0.3) is 0 Å². The van der Waals surface area contributed by atoms with Crippen molar-refractivity contribution in [1.29, 1.82) is 0 Å². The number of fused-ring (bicyclic) bond motifs is 8. The quantitative estimate of drug-likeness (QED) is 0.0372. The van der Waals surface area contributed by atoms with Gasteiger partial charge in [0.2, 0.25) is 0 Å². The van der Waals surface area contributed by atoms with Crippen LogP contribution in [0.5, 0.6) is 28.7 Å². The standard InChI is InChI=1S/C58H68N4O8/c1-34(2)27-57(3,66)30-60-32-61-31-58(68-33-59-4)28-47-46-26-45-41(36-13-19-48-37(23-36)21-22-62-48)16-17-42-49(64)20-18-43(51(42)45)52(46)55-44(15-14-40(29-63)69-55)54(47)70-56(58)39-24-38(53(65)50(25-39)67-5)12-11-35-9-7-6-8-10-35/h6-10,13,16-21,23-25,34,40-41,45,56,59-61,63-66H,11-12,14-15,22,26-33H2,1-5H3/t40-,41+,45-,56+,57-,58-/m0/s1. The fourth-order valence-electron chi connectivity index (χ4n) is 12.1. The van der Waals surface area contributed by atoms with Crippen molar-refractivity contribution < 1.29 is 39.4 Å². The molecule has 0 bridgehead atoms. The Balaban J connectivity index is 1.14. The molecule has 3 aliphatic heterocycles. The molecule has 2 aliphatic carbocycles. The lowest BCUT2D eigenvalue weighted by molar-refractivity contribution is -0.129. The van der Waals surface area contributed by atoms with E-state index in [9.17, 15) is 20.4 Å². The van der Waals surface area contributed by atoms with Gasteiger partial charge in [0, 0.05) is 54.4 Å². The Morgan fingerprint density at radius 3 is 2.57 bits per heavy atom. The molecule has 10 rings (SSSR count). The van der Waals surface area contributed by atoms with Crippen molar-refractivity contribution in [1.82, 2.24) is 16.0 Å². The summed E-state index contributed by atoms with van der Waals surface area (Å²) in [5.74, 6) is 2.48. The van der Waals surface area contributed by atoms with Crippen LogP contribution in [0.25, 0.3) is 23.3 Å². The number of ether oxygens (including phenoxy) is 4. The number of rotatable bonds is 18. The van der Waals surface area contributed by atoms with Gasteiger partial charge in [-0.2, -0.15) is 0 Å². The number of nitrogens with zero attached hydrogens (tertiary/aromatic N) is 1. The van der Waals surface area contributed by atoms with Gasteiger partial charge in [0.1, 0.15) is 29.0 Å². The van der Waals surface area contributed by atoms with Crippen molar-refractivity contribution in [2.24, 2.45) is 10.9 Å². The van der Waals surface area contributed by atoms with E-state index < -0.39 is 23.4 Å². The first-order chi connectivity index (χ1) is 33.9. The first kappa shape index (κ1) is 47.9. The third-order valence-electron chi connectivity index (χ3n) is 15.1. The van der Waals surface area contributed by atoms with E-state index in [1.807, 2.05) is 50.4 Å². The van der Waals surface area contributed by atoms with Crippen LogP contribution in [0.4, 0.5) is 0 Å². The molecule has 0 spiro atoms. The predicted octanol–water partition coefficient (Wildman–Crippen LogP) is 6.65. The highest BCUT2D eigenvalue weighted by atomic mass is 16.6. The number of hydrogen-bond acceptors (Lipinski definition) is 12. The van der Waals surface area contributed by atoms with E-state index in [1.165, 1.54) is 5.56 Å². The maximum atomic E-state index is 11.7. The van der Waals surface area contributed by atoms with Crippen LogP contribution >= 0.6 is 0 Å². The summed E-state index contributed by atoms with van der Waals surface area (Å²) >= 11 is 0. The molecule has 0 radical (unpaired) electrons. The second-order valence-electron chi connectivity index (χ2n) is 20.7. The maximum absolute atomic E-state index is 11.7. The van der Waals surface area contributed by atoms with E-state index in [0.717, 1.165) is 77.7 Å². The number of phenolic OH excluding ortho intramolecular Hbond substituents is 2. The summed E-state index contributed by atoms with van der Waals surface area (Å²) in [5.41, 5.74) is 8.99. The van der Waals surface area contributed by atoms with E-state index in [2.05, 4.69) is 83.4 Å². The average molecular weight is 949 g/mol. The van der Waals surface area contributed by atoms with Crippen LogP contribution in [0.2, 0.25) is 0 Å². The Morgan fingerprint density at radius 1 is 0.943 bits per heavy atom. The Hall–Kier alpha value is -5.73. The minimum atomic E-state index is -1.03. The van der Waals surface area contributed by atoms with Crippen LogP contribution < -0.4 is 40.7 Å². The lowest BCUT2D eigenvalue weighted by Crippen LogP contribution is -2.56. The van der Waals surface area contributed by atoms with Crippen LogP contribution in [-0.2, 0) is 36.8 Å². The first-order valence-electron chi connectivity index (χ1n) is 25.1. The number of aromatic hydroxyl groups is 2. The van der Waals surface area contributed by atoms with Crippen LogP contribution in [-0.4, -0.2) is 91.5 Å². The van der Waals surface area contributed by atoms with E-state index in [-0.39, 0.29) is 36.7 Å². The highest BCUT2D eigenvalue weighted by molar-refractivity contribution is 5.89. The van der Waals surface area contributed by atoms with Crippen LogP contribution in [0.1, 0.15) is 102 Å². The molecule has 70 heavy (non-hydrogen) atoms. The Bertz CT molecular complexity index is 2920. The van der Waals surface area contributed by atoms with Crippen LogP contribution in [0, 0.1) is 5.92 Å². The van der Waals surface area contributed by atoms with E-state index in [1.54, 1.807) is 13.2 Å². The van der Waals surface area contributed by atoms with E-state index in [0.29, 0.717) is 82.9 Å². The molecule has 368 valence electrons. The zero-order valence-corrected chi connectivity index (χ0v) is 41.1. The molecular weight excluding hydrogens is 881 g/mol. The molecule has 5 aromatic carbocycles. The number of phenols is 2. The summed E-state index contributed by atoms with van der Waals surface area (Å²) < 4.78 is 27.7.